The zero-order valence-corrected chi connectivity index (χ0v) is 11.1. The Morgan fingerprint density at radius 1 is 0.900 bits per heavy atom. The van der Waals surface area contributed by atoms with Crippen molar-refractivity contribution in [2.24, 2.45) is 0 Å². The van der Waals surface area contributed by atoms with E-state index in [2.05, 4.69) is 48.5 Å². The SMILES string of the molecule is N=C1C=CC=CC1c1cccc2c1Cc1ccccc1-2. The lowest BCUT2D eigenvalue weighted by Gasteiger charge is -2.18. The van der Waals surface area contributed by atoms with Crippen molar-refractivity contribution in [1.29, 1.82) is 5.41 Å². The maximum atomic E-state index is 8.17. The van der Waals surface area contributed by atoms with Crippen LogP contribution < -0.4 is 0 Å². The van der Waals surface area contributed by atoms with Crippen LogP contribution in [-0.4, -0.2) is 5.71 Å². The van der Waals surface area contributed by atoms with E-state index < -0.39 is 0 Å². The largest absolute Gasteiger partial charge is 0.304 e. The maximum Gasteiger partial charge on any atom is 0.0442 e. The van der Waals surface area contributed by atoms with Gasteiger partial charge >= 0.3 is 0 Å². The van der Waals surface area contributed by atoms with Gasteiger partial charge in [-0.05, 0) is 40.3 Å². The van der Waals surface area contributed by atoms with Gasteiger partial charge in [0.2, 0.25) is 0 Å². The minimum absolute atomic E-state index is 0.101. The summed E-state index contributed by atoms with van der Waals surface area (Å²) in [6.07, 6.45) is 9.00. The minimum atomic E-state index is 0.101. The van der Waals surface area contributed by atoms with Crippen LogP contribution >= 0.6 is 0 Å². The molecule has 1 nitrogen and oxygen atoms in total. The second kappa shape index (κ2) is 4.31. The maximum absolute atomic E-state index is 8.17. The first-order valence-corrected chi connectivity index (χ1v) is 6.98. The van der Waals surface area contributed by atoms with Crippen LogP contribution in [0.1, 0.15) is 22.6 Å². The molecule has 2 aromatic carbocycles. The molecule has 0 heterocycles. The lowest BCUT2D eigenvalue weighted by molar-refractivity contribution is 1.07. The van der Waals surface area contributed by atoms with E-state index in [1.807, 2.05) is 18.2 Å². The average molecular weight is 257 g/mol. The zero-order chi connectivity index (χ0) is 13.5. The molecule has 1 atom stereocenters. The molecule has 2 aliphatic rings. The molecule has 0 radical (unpaired) electrons. The molecule has 20 heavy (non-hydrogen) atoms. The van der Waals surface area contributed by atoms with Crippen LogP contribution in [-0.2, 0) is 6.42 Å². The molecule has 0 aliphatic heterocycles. The summed E-state index contributed by atoms with van der Waals surface area (Å²) in [5, 5.41) is 8.17. The molecule has 0 amide bonds. The van der Waals surface area contributed by atoms with Crippen molar-refractivity contribution >= 4 is 5.71 Å². The molecule has 96 valence electrons. The van der Waals surface area contributed by atoms with E-state index >= 15 is 0 Å². The van der Waals surface area contributed by atoms with Gasteiger partial charge in [-0.25, -0.2) is 0 Å². The summed E-state index contributed by atoms with van der Waals surface area (Å²) in [4.78, 5) is 0. The number of allylic oxidation sites excluding steroid dienone is 4. The fourth-order valence-electron chi connectivity index (χ4n) is 3.29. The van der Waals surface area contributed by atoms with Crippen molar-refractivity contribution in [3.05, 3.63) is 83.5 Å². The molecule has 2 aliphatic carbocycles. The highest BCUT2D eigenvalue weighted by Gasteiger charge is 2.24. The average Bonchev–Trinajstić information content (AvgIpc) is 2.86. The normalized spacial score (nSPS) is 19.0. The van der Waals surface area contributed by atoms with Crippen LogP contribution in [0, 0.1) is 5.41 Å². The van der Waals surface area contributed by atoms with E-state index in [0.29, 0.717) is 5.71 Å². The van der Waals surface area contributed by atoms with E-state index in [1.165, 1.54) is 27.8 Å². The van der Waals surface area contributed by atoms with Crippen LogP contribution in [0.2, 0.25) is 0 Å². The fraction of sp³-hybridized carbons (Fsp3) is 0.105. The second-order valence-electron chi connectivity index (χ2n) is 5.38. The van der Waals surface area contributed by atoms with Crippen molar-refractivity contribution in [2.45, 2.75) is 12.3 Å². The fourth-order valence-corrected chi connectivity index (χ4v) is 3.29. The zero-order valence-electron chi connectivity index (χ0n) is 11.1. The standard InChI is InChI=1S/C19H15N/c20-19-11-4-3-8-17(19)16-10-5-9-15-14-7-2-1-6-13(14)12-18(15)16/h1-11,17,20H,12H2. The Balaban J connectivity index is 1.88. The van der Waals surface area contributed by atoms with Gasteiger partial charge in [0.1, 0.15) is 0 Å². The molecular formula is C19H15N. The van der Waals surface area contributed by atoms with Crippen LogP contribution in [0.5, 0.6) is 0 Å². The minimum Gasteiger partial charge on any atom is -0.304 e. The molecule has 0 aromatic heterocycles. The van der Waals surface area contributed by atoms with Gasteiger partial charge in [0.25, 0.3) is 0 Å². The van der Waals surface area contributed by atoms with Gasteiger partial charge in [-0.2, -0.15) is 0 Å². The quantitative estimate of drug-likeness (QED) is 0.664. The molecule has 0 spiro atoms. The number of benzene rings is 2. The van der Waals surface area contributed by atoms with Crippen LogP contribution in [0.15, 0.2) is 66.8 Å². The third-order valence-corrected chi connectivity index (χ3v) is 4.25. The van der Waals surface area contributed by atoms with Crippen LogP contribution in [0.4, 0.5) is 0 Å². The summed E-state index contributed by atoms with van der Waals surface area (Å²) in [6, 6.07) is 15.1. The molecule has 0 saturated carbocycles. The lowest BCUT2D eigenvalue weighted by Crippen LogP contribution is -2.11. The third-order valence-electron chi connectivity index (χ3n) is 4.25. The summed E-state index contributed by atoms with van der Waals surface area (Å²) >= 11 is 0. The summed E-state index contributed by atoms with van der Waals surface area (Å²) in [6.45, 7) is 0. The lowest BCUT2D eigenvalue weighted by atomic mass is 9.86. The van der Waals surface area contributed by atoms with Crippen molar-refractivity contribution in [1.82, 2.24) is 0 Å². The smallest absolute Gasteiger partial charge is 0.0442 e. The van der Waals surface area contributed by atoms with Crippen molar-refractivity contribution in [3.63, 3.8) is 0 Å². The van der Waals surface area contributed by atoms with Gasteiger partial charge in [-0.15, -0.1) is 0 Å². The Hall–Kier alpha value is -2.41. The molecule has 0 fully saturated rings. The Bertz CT molecular complexity index is 765. The highest BCUT2D eigenvalue weighted by Crippen LogP contribution is 2.40. The van der Waals surface area contributed by atoms with E-state index in [9.17, 15) is 0 Å². The topological polar surface area (TPSA) is 23.9 Å². The molecular weight excluding hydrogens is 242 g/mol. The van der Waals surface area contributed by atoms with Gasteiger partial charge in [0.05, 0.1) is 0 Å². The molecule has 1 unspecified atom stereocenters. The van der Waals surface area contributed by atoms with E-state index in [4.69, 9.17) is 5.41 Å². The number of nitrogens with one attached hydrogen (secondary N) is 1. The number of fused-ring (bicyclic) bond motifs is 3. The Labute approximate surface area is 118 Å². The summed E-state index contributed by atoms with van der Waals surface area (Å²) in [7, 11) is 0. The Kier molecular flexibility index (Phi) is 2.46. The van der Waals surface area contributed by atoms with E-state index in [1.54, 1.807) is 0 Å². The molecule has 1 heteroatoms. The van der Waals surface area contributed by atoms with Crippen molar-refractivity contribution in [2.75, 3.05) is 0 Å². The molecule has 4 rings (SSSR count). The van der Waals surface area contributed by atoms with Gasteiger partial charge in [0, 0.05) is 11.6 Å². The Morgan fingerprint density at radius 3 is 2.65 bits per heavy atom. The second-order valence-corrected chi connectivity index (χ2v) is 5.38. The summed E-state index contributed by atoms with van der Waals surface area (Å²) in [5.41, 5.74) is 7.45. The summed E-state index contributed by atoms with van der Waals surface area (Å²) in [5.74, 6) is 0.101. The first-order chi connectivity index (χ1) is 9.84. The molecule has 2 aromatic rings. The number of hydrogen-bond acceptors (Lipinski definition) is 1. The highest BCUT2D eigenvalue weighted by molar-refractivity contribution is 6.01. The first-order valence-electron chi connectivity index (χ1n) is 6.98. The van der Waals surface area contributed by atoms with Crippen molar-refractivity contribution in [3.8, 4) is 11.1 Å². The molecule has 0 bridgehead atoms. The van der Waals surface area contributed by atoms with Crippen molar-refractivity contribution < 1.29 is 0 Å². The molecule has 1 N–H and O–H groups in total. The molecule has 0 saturated heterocycles. The Morgan fingerprint density at radius 2 is 1.75 bits per heavy atom. The predicted molar refractivity (Wildman–Crippen MR) is 83.4 cm³/mol. The van der Waals surface area contributed by atoms with Crippen LogP contribution in [0.25, 0.3) is 11.1 Å². The third kappa shape index (κ3) is 1.60. The first kappa shape index (κ1) is 11.4. The summed E-state index contributed by atoms with van der Waals surface area (Å²) < 4.78 is 0. The highest BCUT2D eigenvalue weighted by atomic mass is 14.4. The van der Waals surface area contributed by atoms with Crippen LogP contribution in [0.3, 0.4) is 0 Å². The van der Waals surface area contributed by atoms with Gasteiger partial charge < -0.3 is 5.41 Å². The van der Waals surface area contributed by atoms with E-state index in [-0.39, 0.29) is 5.92 Å². The van der Waals surface area contributed by atoms with E-state index in [0.717, 1.165) is 6.42 Å². The van der Waals surface area contributed by atoms with Gasteiger partial charge in [-0.3, -0.25) is 0 Å². The van der Waals surface area contributed by atoms with Gasteiger partial charge in [-0.1, -0.05) is 60.7 Å². The predicted octanol–water partition coefficient (Wildman–Crippen LogP) is 4.49. The monoisotopic (exact) mass is 257 g/mol. The van der Waals surface area contributed by atoms with Gasteiger partial charge in [0.15, 0.2) is 0 Å². The number of hydrogen-bond donors (Lipinski definition) is 1. The number of rotatable bonds is 1.